The van der Waals surface area contributed by atoms with Gasteiger partial charge in [0.1, 0.15) is 5.82 Å². The van der Waals surface area contributed by atoms with Crippen LogP contribution in [0.15, 0.2) is 18.3 Å². The Morgan fingerprint density at radius 2 is 2.40 bits per heavy atom. The van der Waals surface area contributed by atoms with Crippen molar-refractivity contribution in [2.45, 2.75) is 19.8 Å². The molecule has 1 atom stereocenters. The molecule has 1 aromatic heterocycles. The molecule has 0 saturated heterocycles. The maximum atomic E-state index is 8.85. The lowest BCUT2D eigenvalue weighted by Gasteiger charge is -2.15. The Labute approximate surface area is 90.5 Å². The van der Waals surface area contributed by atoms with Crippen LogP contribution < -0.4 is 11.1 Å². The van der Waals surface area contributed by atoms with E-state index in [1.807, 2.05) is 12.1 Å². The molecule has 4 nitrogen and oxygen atoms in total. The summed E-state index contributed by atoms with van der Waals surface area (Å²) in [5.74, 6) is 1.20. The van der Waals surface area contributed by atoms with Crippen molar-refractivity contribution in [1.29, 1.82) is 0 Å². The summed E-state index contributed by atoms with van der Waals surface area (Å²) in [4.78, 5) is 4.15. The third kappa shape index (κ3) is 3.75. The second-order valence-electron chi connectivity index (χ2n) is 3.61. The van der Waals surface area contributed by atoms with Crippen LogP contribution in [-0.2, 0) is 0 Å². The maximum absolute atomic E-state index is 8.85. The van der Waals surface area contributed by atoms with Crippen LogP contribution in [0.5, 0.6) is 0 Å². The highest BCUT2D eigenvalue weighted by Crippen LogP contribution is 2.15. The first-order valence-corrected chi connectivity index (χ1v) is 5.33. The van der Waals surface area contributed by atoms with Crippen LogP contribution in [0.25, 0.3) is 0 Å². The van der Waals surface area contributed by atoms with E-state index >= 15 is 0 Å². The largest absolute Gasteiger partial charge is 0.396 e. The highest BCUT2D eigenvalue weighted by Gasteiger charge is 2.06. The van der Waals surface area contributed by atoms with Gasteiger partial charge < -0.3 is 16.2 Å². The molecular weight excluding hydrogens is 190 g/mol. The Bertz CT molecular complexity index is 291. The molecule has 0 aromatic carbocycles. The third-order valence-corrected chi connectivity index (χ3v) is 2.51. The Balaban J connectivity index is 2.45. The average Bonchev–Trinajstić information content (AvgIpc) is 2.26. The van der Waals surface area contributed by atoms with Gasteiger partial charge in [0.05, 0.1) is 5.69 Å². The molecule has 15 heavy (non-hydrogen) atoms. The van der Waals surface area contributed by atoms with Gasteiger partial charge in [-0.25, -0.2) is 4.98 Å². The SMILES string of the molecule is CCC(CCO)CNc1ncccc1N. The van der Waals surface area contributed by atoms with Crippen LogP contribution in [-0.4, -0.2) is 23.2 Å². The van der Waals surface area contributed by atoms with Gasteiger partial charge in [-0.05, 0) is 24.5 Å². The van der Waals surface area contributed by atoms with Crippen molar-refractivity contribution < 1.29 is 5.11 Å². The fourth-order valence-electron chi connectivity index (χ4n) is 1.44. The van der Waals surface area contributed by atoms with E-state index in [2.05, 4.69) is 17.2 Å². The number of anilines is 2. The molecule has 0 bridgehead atoms. The fourth-order valence-corrected chi connectivity index (χ4v) is 1.44. The van der Waals surface area contributed by atoms with E-state index in [0.29, 0.717) is 11.6 Å². The lowest BCUT2D eigenvalue weighted by molar-refractivity contribution is 0.258. The molecule has 0 amide bonds. The summed E-state index contributed by atoms with van der Waals surface area (Å²) >= 11 is 0. The molecule has 0 saturated carbocycles. The number of nitrogens with two attached hydrogens (primary N) is 1. The van der Waals surface area contributed by atoms with Crippen molar-refractivity contribution in [1.82, 2.24) is 4.98 Å². The quantitative estimate of drug-likeness (QED) is 0.663. The van der Waals surface area contributed by atoms with E-state index in [1.54, 1.807) is 6.20 Å². The van der Waals surface area contributed by atoms with Crippen LogP contribution in [0.3, 0.4) is 0 Å². The second-order valence-corrected chi connectivity index (χ2v) is 3.61. The van der Waals surface area contributed by atoms with Crippen molar-refractivity contribution in [3.05, 3.63) is 18.3 Å². The number of hydrogen-bond acceptors (Lipinski definition) is 4. The van der Waals surface area contributed by atoms with Gasteiger partial charge in [0.15, 0.2) is 0 Å². The first-order valence-electron chi connectivity index (χ1n) is 5.33. The summed E-state index contributed by atoms with van der Waals surface area (Å²) in [6.45, 7) is 3.15. The Kier molecular flexibility index (Phi) is 4.90. The van der Waals surface area contributed by atoms with Crippen molar-refractivity contribution in [3.8, 4) is 0 Å². The predicted molar refractivity (Wildman–Crippen MR) is 62.6 cm³/mol. The van der Waals surface area contributed by atoms with Crippen molar-refractivity contribution >= 4 is 11.5 Å². The first kappa shape index (κ1) is 11.8. The van der Waals surface area contributed by atoms with Gasteiger partial charge in [-0.2, -0.15) is 0 Å². The lowest BCUT2D eigenvalue weighted by atomic mass is 10.0. The smallest absolute Gasteiger partial charge is 0.149 e. The first-order chi connectivity index (χ1) is 7.27. The van der Waals surface area contributed by atoms with Crippen LogP contribution in [0.4, 0.5) is 11.5 Å². The molecule has 0 aliphatic rings. The van der Waals surface area contributed by atoms with Gasteiger partial charge in [0.25, 0.3) is 0 Å². The van der Waals surface area contributed by atoms with Crippen molar-refractivity contribution in [2.24, 2.45) is 5.92 Å². The zero-order valence-electron chi connectivity index (χ0n) is 9.11. The van der Waals surface area contributed by atoms with Gasteiger partial charge in [-0.3, -0.25) is 0 Å². The molecule has 1 aromatic rings. The number of nitrogens with zero attached hydrogens (tertiary/aromatic N) is 1. The molecule has 1 rings (SSSR count). The standard InChI is InChI=1S/C11H19N3O/c1-2-9(5-7-15)8-14-11-10(12)4-3-6-13-11/h3-4,6,9,15H,2,5,7-8,12H2,1H3,(H,13,14). The average molecular weight is 209 g/mol. The molecule has 4 heteroatoms. The minimum atomic E-state index is 0.234. The fraction of sp³-hybridized carbons (Fsp3) is 0.545. The van der Waals surface area contributed by atoms with Crippen LogP contribution in [0, 0.1) is 5.92 Å². The molecule has 0 aliphatic carbocycles. The molecule has 0 aliphatic heterocycles. The Hall–Kier alpha value is -1.29. The number of hydrogen-bond donors (Lipinski definition) is 3. The zero-order chi connectivity index (χ0) is 11.1. The molecule has 1 unspecified atom stereocenters. The third-order valence-electron chi connectivity index (χ3n) is 2.51. The van der Waals surface area contributed by atoms with E-state index < -0.39 is 0 Å². The minimum absolute atomic E-state index is 0.234. The molecule has 84 valence electrons. The number of aliphatic hydroxyl groups excluding tert-OH is 1. The normalized spacial score (nSPS) is 12.4. The maximum Gasteiger partial charge on any atom is 0.149 e. The van der Waals surface area contributed by atoms with Crippen molar-refractivity contribution in [3.63, 3.8) is 0 Å². The van der Waals surface area contributed by atoms with Crippen LogP contribution in [0.2, 0.25) is 0 Å². The van der Waals surface area contributed by atoms with E-state index in [9.17, 15) is 0 Å². The van der Waals surface area contributed by atoms with Gasteiger partial charge in [-0.15, -0.1) is 0 Å². The summed E-state index contributed by atoms with van der Waals surface area (Å²) < 4.78 is 0. The molecule has 0 radical (unpaired) electrons. The number of rotatable bonds is 6. The molecule has 1 heterocycles. The number of pyridine rings is 1. The predicted octanol–water partition coefficient (Wildman–Crippen LogP) is 1.48. The van der Waals surface area contributed by atoms with Gasteiger partial charge in [0, 0.05) is 19.3 Å². The van der Waals surface area contributed by atoms with Gasteiger partial charge in [-0.1, -0.05) is 13.3 Å². The number of aliphatic hydroxyl groups is 1. The van der Waals surface area contributed by atoms with Gasteiger partial charge >= 0.3 is 0 Å². The summed E-state index contributed by atoms with van der Waals surface area (Å²) in [5.41, 5.74) is 6.41. The Morgan fingerprint density at radius 1 is 1.60 bits per heavy atom. The molecule has 0 spiro atoms. The number of aromatic nitrogens is 1. The monoisotopic (exact) mass is 209 g/mol. The van der Waals surface area contributed by atoms with E-state index in [4.69, 9.17) is 10.8 Å². The van der Waals surface area contributed by atoms with E-state index in [-0.39, 0.29) is 6.61 Å². The summed E-state index contributed by atoms with van der Waals surface area (Å²) in [7, 11) is 0. The minimum Gasteiger partial charge on any atom is -0.396 e. The number of nitrogens with one attached hydrogen (secondary N) is 1. The van der Waals surface area contributed by atoms with Gasteiger partial charge in [0.2, 0.25) is 0 Å². The topological polar surface area (TPSA) is 71.2 Å². The molecular formula is C11H19N3O. The number of nitrogen functional groups attached to an aromatic ring is 1. The Morgan fingerprint density at radius 3 is 3.00 bits per heavy atom. The van der Waals surface area contributed by atoms with E-state index in [0.717, 1.165) is 25.2 Å². The molecule has 4 N–H and O–H groups in total. The summed E-state index contributed by atoms with van der Waals surface area (Å²) in [5, 5.41) is 12.1. The van der Waals surface area contributed by atoms with Crippen LogP contribution in [0.1, 0.15) is 19.8 Å². The molecule has 0 fully saturated rings. The lowest BCUT2D eigenvalue weighted by Crippen LogP contribution is -2.16. The van der Waals surface area contributed by atoms with Crippen molar-refractivity contribution in [2.75, 3.05) is 24.2 Å². The zero-order valence-corrected chi connectivity index (χ0v) is 9.11. The van der Waals surface area contributed by atoms with Crippen LogP contribution >= 0.6 is 0 Å². The summed E-state index contributed by atoms with van der Waals surface area (Å²) in [6.07, 6.45) is 3.57. The van der Waals surface area contributed by atoms with E-state index in [1.165, 1.54) is 0 Å². The second kappa shape index (κ2) is 6.24. The highest BCUT2D eigenvalue weighted by atomic mass is 16.3. The summed E-state index contributed by atoms with van der Waals surface area (Å²) in [6, 6.07) is 3.63. The highest BCUT2D eigenvalue weighted by molar-refractivity contribution is 5.60.